The molecule has 0 aromatic heterocycles. The number of primary sulfonamides is 1. The molecule has 0 bridgehead atoms. The number of carbonyl (C=O) groups excluding carboxylic acids is 1. The number of nitrogens with two attached hydrogens (primary N) is 1. The Morgan fingerprint density at radius 2 is 2.20 bits per heavy atom. The van der Waals surface area contributed by atoms with Crippen molar-refractivity contribution in [1.82, 2.24) is 10.6 Å². The van der Waals surface area contributed by atoms with Crippen molar-refractivity contribution in [2.45, 2.75) is 18.4 Å². The highest BCUT2D eigenvalue weighted by atomic mass is 32.2. The molecule has 6 nitrogen and oxygen atoms in total. The number of sulfonamides is 1. The van der Waals surface area contributed by atoms with E-state index in [0.29, 0.717) is 18.0 Å². The Bertz CT molecular complexity index is 597. The van der Waals surface area contributed by atoms with E-state index in [9.17, 15) is 13.2 Å². The van der Waals surface area contributed by atoms with E-state index in [4.69, 9.17) is 5.14 Å². The second kappa shape index (κ2) is 5.90. The summed E-state index contributed by atoms with van der Waals surface area (Å²) in [6, 6.07) is 6.28. The Morgan fingerprint density at radius 1 is 1.50 bits per heavy atom. The van der Waals surface area contributed by atoms with Gasteiger partial charge in [0, 0.05) is 12.5 Å². The highest BCUT2D eigenvalue weighted by Gasteiger charge is 2.28. The molecule has 1 heterocycles. The van der Waals surface area contributed by atoms with Crippen LogP contribution in [0.15, 0.2) is 29.2 Å². The summed E-state index contributed by atoms with van der Waals surface area (Å²) in [6.07, 6.45) is 0. The third-order valence-electron chi connectivity index (χ3n) is 3.63. The first kappa shape index (κ1) is 15.0. The molecule has 20 heavy (non-hydrogen) atoms. The fourth-order valence-electron chi connectivity index (χ4n) is 2.06. The Balaban J connectivity index is 1.95. The average Bonchev–Trinajstić information content (AvgIpc) is 2.33. The Hall–Kier alpha value is -1.44. The minimum absolute atomic E-state index is 0.0162. The van der Waals surface area contributed by atoms with Crippen molar-refractivity contribution in [2.24, 2.45) is 17.0 Å². The molecule has 7 heteroatoms. The van der Waals surface area contributed by atoms with Crippen molar-refractivity contribution >= 4 is 15.9 Å². The number of benzene rings is 1. The van der Waals surface area contributed by atoms with E-state index in [2.05, 4.69) is 10.6 Å². The van der Waals surface area contributed by atoms with Crippen LogP contribution in [-0.4, -0.2) is 27.4 Å². The van der Waals surface area contributed by atoms with Crippen molar-refractivity contribution in [3.05, 3.63) is 29.8 Å². The minimum Gasteiger partial charge on any atom is -0.352 e. The molecule has 110 valence electrons. The fourth-order valence-corrected chi connectivity index (χ4v) is 2.65. The Labute approximate surface area is 118 Å². The summed E-state index contributed by atoms with van der Waals surface area (Å²) >= 11 is 0. The number of hydrogen-bond donors (Lipinski definition) is 3. The molecule has 1 aromatic rings. The first-order valence-corrected chi connectivity index (χ1v) is 8.03. The van der Waals surface area contributed by atoms with Gasteiger partial charge in [0.25, 0.3) is 0 Å². The van der Waals surface area contributed by atoms with Crippen LogP contribution in [0, 0.1) is 11.8 Å². The molecule has 4 N–H and O–H groups in total. The van der Waals surface area contributed by atoms with Gasteiger partial charge >= 0.3 is 0 Å². The number of rotatable bonds is 5. The van der Waals surface area contributed by atoms with Crippen molar-refractivity contribution in [1.29, 1.82) is 0 Å². The molecule has 1 amide bonds. The minimum atomic E-state index is -3.71. The second-order valence-electron chi connectivity index (χ2n) is 5.12. The summed E-state index contributed by atoms with van der Waals surface area (Å²) in [6.45, 7) is 3.94. The smallest absolute Gasteiger partial charge is 0.238 e. The fraction of sp³-hybridized carbons (Fsp3) is 0.462. The average molecular weight is 297 g/mol. The summed E-state index contributed by atoms with van der Waals surface area (Å²) in [5, 5.41) is 11.0. The lowest BCUT2D eigenvalue weighted by Gasteiger charge is -2.31. The van der Waals surface area contributed by atoms with Gasteiger partial charge in [-0.15, -0.1) is 0 Å². The lowest BCUT2D eigenvalue weighted by molar-refractivity contribution is -0.126. The number of hydrogen-bond acceptors (Lipinski definition) is 4. The monoisotopic (exact) mass is 297 g/mol. The third-order valence-corrected chi connectivity index (χ3v) is 4.54. The van der Waals surface area contributed by atoms with Crippen molar-refractivity contribution in [3.8, 4) is 0 Å². The van der Waals surface area contributed by atoms with Crippen molar-refractivity contribution < 1.29 is 13.2 Å². The van der Waals surface area contributed by atoms with E-state index in [1.165, 1.54) is 12.1 Å². The van der Waals surface area contributed by atoms with Crippen LogP contribution in [-0.2, 0) is 21.4 Å². The van der Waals surface area contributed by atoms with Crippen molar-refractivity contribution in [3.63, 3.8) is 0 Å². The molecule has 1 fully saturated rings. The first-order valence-electron chi connectivity index (χ1n) is 6.48. The molecular weight excluding hydrogens is 278 g/mol. The lowest BCUT2D eigenvalue weighted by Crippen LogP contribution is -2.49. The largest absolute Gasteiger partial charge is 0.352 e. The predicted molar refractivity (Wildman–Crippen MR) is 75.2 cm³/mol. The summed E-state index contributed by atoms with van der Waals surface area (Å²) in [7, 11) is -3.71. The normalized spacial score (nSPS) is 17.3. The van der Waals surface area contributed by atoms with Gasteiger partial charge in [-0.05, 0) is 36.7 Å². The molecule has 0 aliphatic carbocycles. The van der Waals surface area contributed by atoms with Gasteiger partial charge in [-0.25, -0.2) is 13.6 Å². The molecule has 2 rings (SSSR count). The zero-order chi connectivity index (χ0) is 14.8. The molecule has 0 saturated carbocycles. The Morgan fingerprint density at radius 3 is 2.75 bits per heavy atom. The highest BCUT2D eigenvalue weighted by molar-refractivity contribution is 7.89. The van der Waals surface area contributed by atoms with Crippen LogP contribution in [0.3, 0.4) is 0 Å². The molecule has 1 aliphatic heterocycles. The highest BCUT2D eigenvalue weighted by Crippen LogP contribution is 2.16. The van der Waals surface area contributed by atoms with Gasteiger partial charge in [0.05, 0.1) is 4.90 Å². The third kappa shape index (κ3) is 3.56. The van der Waals surface area contributed by atoms with Crippen LogP contribution in [0.25, 0.3) is 0 Å². The second-order valence-corrected chi connectivity index (χ2v) is 6.68. The Kier molecular flexibility index (Phi) is 4.42. The van der Waals surface area contributed by atoms with Gasteiger partial charge < -0.3 is 10.6 Å². The lowest BCUT2D eigenvalue weighted by atomic mass is 9.88. The molecule has 1 aliphatic rings. The zero-order valence-corrected chi connectivity index (χ0v) is 12.1. The number of nitrogens with one attached hydrogen (secondary N) is 2. The summed E-state index contributed by atoms with van der Waals surface area (Å²) in [5.41, 5.74) is 0.712. The summed E-state index contributed by atoms with van der Waals surface area (Å²) in [5.74, 6) is 0.320. The predicted octanol–water partition coefficient (Wildman–Crippen LogP) is -0.194. The maximum Gasteiger partial charge on any atom is 0.238 e. The van der Waals surface area contributed by atoms with Gasteiger partial charge in [-0.3, -0.25) is 4.79 Å². The van der Waals surface area contributed by atoms with E-state index in [1.807, 2.05) is 6.92 Å². The quantitative estimate of drug-likeness (QED) is 0.701. The van der Waals surface area contributed by atoms with E-state index in [-0.39, 0.29) is 16.7 Å². The van der Waals surface area contributed by atoms with Crippen LogP contribution < -0.4 is 15.8 Å². The van der Waals surface area contributed by atoms with Gasteiger partial charge in [0.2, 0.25) is 15.9 Å². The molecular formula is C13H19N3O3S. The molecule has 1 atom stereocenters. The molecule has 1 aromatic carbocycles. The van der Waals surface area contributed by atoms with Gasteiger partial charge in [-0.1, -0.05) is 19.1 Å². The summed E-state index contributed by atoms with van der Waals surface area (Å²) < 4.78 is 22.5. The number of amides is 1. The summed E-state index contributed by atoms with van der Waals surface area (Å²) in [4.78, 5) is 12.0. The van der Waals surface area contributed by atoms with Crippen LogP contribution in [0.5, 0.6) is 0 Å². The maximum atomic E-state index is 12.0. The van der Waals surface area contributed by atoms with Gasteiger partial charge in [-0.2, -0.15) is 0 Å². The van der Waals surface area contributed by atoms with Crippen LogP contribution >= 0.6 is 0 Å². The topological polar surface area (TPSA) is 101 Å². The maximum absolute atomic E-state index is 12.0. The molecule has 1 unspecified atom stereocenters. The van der Waals surface area contributed by atoms with Crippen LogP contribution in [0.2, 0.25) is 0 Å². The van der Waals surface area contributed by atoms with Crippen LogP contribution in [0.1, 0.15) is 12.5 Å². The van der Waals surface area contributed by atoms with E-state index in [1.54, 1.807) is 12.1 Å². The molecule has 0 spiro atoms. The van der Waals surface area contributed by atoms with E-state index >= 15 is 0 Å². The van der Waals surface area contributed by atoms with Crippen LogP contribution in [0.4, 0.5) is 0 Å². The zero-order valence-electron chi connectivity index (χ0n) is 11.3. The number of carbonyl (C=O) groups is 1. The molecule has 0 radical (unpaired) electrons. The van der Waals surface area contributed by atoms with Gasteiger partial charge in [0.1, 0.15) is 0 Å². The first-order chi connectivity index (χ1) is 9.38. The van der Waals surface area contributed by atoms with E-state index < -0.39 is 10.0 Å². The van der Waals surface area contributed by atoms with Gasteiger partial charge in [0.15, 0.2) is 0 Å². The van der Waals surface area contributed by atoms with Crippen molar-refractivity contribution in [2.75, 3.05) is 13.1 Å². The van der Waals surface area contributed by atoms with E-state index in [0.717, 1.165) is 13.1 Å². The standard InChI is InChI=1S/C13H19N3O3S/c1-9(11-7-15-8-11)13(17)16-6-10-3-2-4-12(5-10)20(14,18)19/h2-5,9,11,15H,6-8H2,1H3,(H,16,17)(H2,14,18,19). The SMILES string of the molecule is CC(C(=O)NCc1cccc(S(N)(=O)=O)c1)C1CNC1. The molecule has 1 saturated heterocycles.